The highest BCUT2D eigenvalue weighted by Gasteiger charge is 2.18. The number of likely N-dealkylation sites (N-methyl/N-ethyl adjacent to an activating group) is 1. The third-order valence-corrected chi connectivity index (χ3v) is 3.78. The summed E-state index contributed by atoms with van der Waals surface area (Å²) in [5.74, 6) is 0.262. The largest absolute Gasteiger partial charge is 0.384 e. The predicted octanol–water partition coefficient (Wildman–Crippen LogP) is 3.46. The molecule has 0 aliphatic rings. The molecule has 1 aromatic carbocycles. The maximum Gasteiger partial charge on any atom is 0.129 e. The van der Waals surface area contributed by atoms with Gasteiger partial charge in [-0.15, -0.1) is 0 Å². The summed E-state index contributed by atoms with van der Waals surface area (Å²) in [5, 5.41) is 3.32. The van der Waals surface area contributed by atoms with Crippen molar-refractivity contribution >= 4 is 21.7 Å². The van der Waals surface area contributed by atoms with E-state index < -0.39 is 0 Å². The van der Waals surface area contributed by atoms with Crippen LogP contribution in [0.15, 0.2) is 41.0 Å². The van der Waals surface area contributed by atoms with Crippen LogP contribution in [0, 0.1) is 5.82 Å². The van der Waals surface area contributed by atoms with Crippen LogP contribution in [0.5, 0.6) is 0 Å². The molecule has 0 fully saturated rings. The van der Waals surface area contributed by atoms with Gasteiger partial charge in [0.25, 0.3) is 0 Å². The maximum atomic E-state index is 14.1. The molecule has 0 aliphatic carbocycles. The Morgan fingerprint density at radius 3 is 2.85 bits per heavy atom. The van der Waals surface area contributed by atoms with Gasteiger partial charge in [-0.3, -0.25) is 0 Å². The number of rotatable bonds is 5. The quantitative estimate of drug-likeness (QED) is 0.878. The van der Waals surface area contributed by atoms with Gasteiger partial charge in [-0.2, -0.15) is 0 Å². The van der Waals surface area contributed by atoms with Crippen molar-refractivity contribution in [3.8, 4) is 0 Å². The highest BCUT2D eigenvalue weighted by atomic mass is 79.9. The Labute approximate surface area is 126 Å². The lowest BCUT2D eigenvalue weighted by molar-refractivity contribution is 0.507. The molecule has 2 aromatic rings. The van der Waals surface area contributed by atoms with Crippen molar-refractivity contribution in [2.24, 2.45) is 0 Å². The normalized spacial score (nSPS) is 12.3. The Hall–Kier alpha value is -1.46. The van der Waals surface area contributed by atoms with Crippen LogP contribution in [-0.2, 0) is 6.42 Å². The second-order valence-corrected chi connectivity index (χ2v) is 5.39. The third-order valence-electron chi connectivity index (χ3n) is 3.08. The molecule has 0 radical (unpaired) electrons. The molecule has 1 heterocycles. The van der Waals surface area contributed by atoms with Crippen molar-refractivity contribution in [1.82, 2.24) is 10.3 Å². The Morgan fingerprint density at radius 2 is 2.20 bits per heavy atom. The molecule has 0 spiro atoms. The number of benzene rings is 1. The van der Waals surface area contributed by atoms with E-state index in [4.69, 9.17) is 5.73 Å². The van der Waals surface area contributed by atoms with Crippen molar-refractivity contribution in [1.29, 1.82) is 0 Å². The van der Waals surface area contributed by atoms with Gasteiger partial charge in [0.15, 0.2) is 0 Å². The topological polar surface area (TPSA) is 50.9 Å². The molecule has 0 bridgehead atoms. The number of nitrogens with two attached hydrogens (primary N) is 1. The van der Waals surface area contributed by atoms with E-state index in [-0.39, 0.29) is 11.9 Å². The van der Waals surface area contributed by atoms with Gasteiger partial charge in [0.05, 0.1) is 0 Å². The summed E-state index contributed by atoms with van der Waals surface area (Å²) in [4.78, 5) is 3.97. The minimum atomic E-state index is -0.215. The van der Waals surface area contributed by atoms with E-state index in [0.29, 0.717) is 17.8 Å². The second kappa shape index (κ2) is 6.81. The van der Waals surface area contributed by atoms with Crippen LogP contribution in [0.1, 0.15) is 24.1 Å². The number of pyridine rings is 1. The lowest BCUT2D eigenvalue weighted by atomic mass is 9.99. The van der Waals surface area contributed by atoms with Crippen LogP contribution < -0.4 is 11.1 Å². The van der Waals surface area contributed by atoms with Gasteiger partial charge in [0, 0.05) is 22.3 Å². The van der Waals surface area contributed by atoms with Gasteiger partial charge >= 0.3 is 0 Å². The van der Waals surface area contributed by atoms with Crippen molar-refractivity contribution in [3.05, 3.63) is 57.9 Å². The van der Waals surface area contributed by atoms with E-state index in [0.717, 1.165) is 16.6 Å². The molecule has 0 saturated heterocycles. The lowest BCUT2D eigenvalue weighted by Gasteiger charge is -2.20. The fraction of sp³-hybridized carbons (Fsp3) is 0.267. The number of hydrogen-bond acceptors (Lipinski definition) is 3. The summed E-state index contributed by atoms with van der Waals surface area (Å²) in [6, 6.07) is 8.62. The number of anilines is 1. The first-order valence-corrected chi connectivity index (χ1v) is 7.28. The number of nitrogens with one attached hydrogen (secondary N) is 1. The predicted molar refractivity (Wildman–Crippen MR) is 82.9 cm³/mol. The molecule has 3 N–H and O–H groups in total. The molecule has 1 unspecified atom stereocenters. The van der Waals surface area contributed by atoms with Gasteiger partial charge < -0.3 is 11.1 Å². The SMILES string of the molecule is CCNC(Cc1ccnc(N)c1)c1c(F)cccc1Br. The molecular formula is C15H17BrFN3. The minimum Gasteiger partial charge on any atom is -0.384 e. The summed E-state index contributed by atoms with van der Waals surface area (Å²) >= 11 is 3.43. The van der Waals surface area contributed by atoms with Crippen molar-refractivity contribution in [2.75, 3.05) is 12.3 Å². The van der Waals surface area contributed by atoms with Crippen LogP contribution in [0.2, 0.25) is 0 Å². The van der Waals surface area contributed by atoms with Crippen molar-refractivity contribution in [3.63, 3.8) is 0 Å². The Morgan fingerprint density at radius 1 is 1.40 bits per heavy atom. The molecule has 5 heteroatoms. The highest BCUT2D eigenvalue weighted by molar-refractivity contribution is 9.10. The average Bonchev–Trinajstić information content (AvgIpc) is 2.38. The van der Waals surface area contributed by atoms with Crippen LogP contribution >= 0.6 is 15.9 Å². The Bertz CT molecular complexity index is 569. The molecule has 0 aliphatic heterocycles. The van der Waals surface area contributed by atoms with E-state index >= 15 is 0 Å². The van der Waals surface area contributed by atoms with Gasteiger partial charge in [-0.1, -0.05) is 28.9 Å². The van der Waals surface area contributed by atoms with E-state index in [1.807, 2.05) is 25.1 Å². The zero-order valence-corrected chi connectivity index (χ0v) is 12.8. The van der Waals surface area contributed by atoms with Crippen LogP contribution in [-0.4, -0.2) is 11.5 Å². The highest BCUT2D eigenvalue weighted by Crippen LogP contribution is 2.28. The first-order chi connectivity index (χ1) is 9.61. The fourth-order valence-corrected chi connectivity index (χ4v) is 2.84. The number of aromatic nitrogens is 1. The second-order valence-electron chi connectivity index (χ2n) is 4.54. The van der Waals surface area contributed by atoms with Gasteiger partial charge in [0.2, 0.25) is 0 Å². The number of nitrogens with zero attached hydrogens (tertiary/aromatic N) is 1. The Kier molecular flexibility index (Phi) is 5.09. The van der Waals surface area contributed by atoms with Crippen LogP contribution in [0.25, 0.3) is 0 Å². The summed E-state index contributed by atoms with van der Waals surface area (Å²) in [5.41, 5.74) is 7.36. The van der Waals surface area contributed by atoms with Gasteiger partial charge in [-0.25, -0.2) is 9.37 Å². The molecule has 1 aromatic heterocycles. The number of halogens is 2. The molecule has 0 saturated carbocycles. The third kappa shape index (κ3) is 3.55. The standard InChI is InChI=1S/C15H17BrFN3/c1-2-19-13(8-10-6-7-20-14(18)9-10)15-11(16)4-3-5-12(15)17/h3-7,9,13,19H,2,8H2,1H3,(H2,18,20). The first kappa shape index (κ1) is 14.9. The van der Waals surface area contributed by atoms with E-state index in [1.54, 1.807) is 12.3 Å². The molecule has 2 rings (SSSR count). The van der Waals surface area contributed by atoms with Crippen molar-refractivity contribution in [2.45, 2.75) is 19.4 Å². The van der Waals surface area contributed by atoms with Crippen molar-refractivity contribution < 1.29 is 4.39 Å². The van der Waals surface area contributed by atoms with E-state index in [2.05, 4.69) is 26.2 Å². The summed E-state index contributed by atoms with van der Waals surface area (Å²) < 4.78 is 14.9. The summed E-state index contributed by atoms with van der Waals surface area (Å²) in [6.45, 7) is 2.76. The molecule has 0 amide bonds. The number of nitrogen functional groups attached to an aromatic ring is 1. The van der Waals surface area contributed by atoms with E-state index in [9.17, 15) is 4.39 Å². The molecule has 106 valence electrons. The van der Waals surface area contributed by atoms with E-state index in [1.165, 1.54) is 6.07 Å². The minimum absolute atomic E-state index is 0.114. The molecule has 3 nitrogen and oxygen atoms in total. The summed E-state index contributed by atoms with van der Waals surface area (Å²) in [7, 11) is 0. The monoisotopic (exact) mass is 337 g/mol. The average molecular weight is 338 g/mol. The maximum absolute atomic E-state index is 14.1. The molecule has 20 heavy (non-hydrogen) atoms. The fourth-order valence-electron chi connectivity index (χ4n) is 2.22. The van der Waals surface area contributed by atoms with Crippen LogP contribution in [0.4, 0.5) is 10.2 Å². The smallest absolute Gasteiger partial charge is 0.129 e. The summed E-state index contributed by atoms with van der Waals surface area (Å²) in [6.07, 6.45) is 2.32. The molecule has 1 atom stereocenters. The number of hydrogen-bond donors (Lipinski definition) is 2. The molecular weight excluding hydrogens is 321 g/mol. The first-order valence-electron chi connectivity index (χ1n) is 6.49. The van der Waals surface area contributed by atoms with Gasteiger partial charge in [0.1, 0.15) is 11.6 Å². The van der Waals surface area contributed by atoms with Gasteiger partial charge in [-0.05, 0) is 42.8 Å². The zero-order chi connectivity index (χ0) is 14.5. The Balaban J connectivity index is 2.32. The lowest BCUT2D eigenvalue weighted by Crippen LogP contribution is -2.24. The zero-order valence-electron chi connectivity index (χ0n) is 11.2. The van der Waals surface area contributed by atoms with Crippen LogP contribution in [0.3, 0.4) is 0 Å².